The van der Waals surface area contributed by atoms with E-state index in [0.717, 1.165) is 16.2 Å². The molecular formula is C19H18F3N3O2. The van der Waals surface area contributed by atoms with Crippen molar-refractivity contribution in [3.05, 3.63) is 72.4 Å². The van der Waals surface area contributed by atoms with Gasteiger partial charge in [0.2, 0.25) is 5.91 Å². The Morgan fingerprint density at radius 1 is 1.15 bits per heavy atom. The van der Waals surface area contributed by atoms with E-state index < -0.39 is 18.6 Å². The van der Waals surface area contributed by atoms with Crippen LogP contribution in [0, 0.1) is 0 Å². The number of carbonyl (C=O) groups is 1. The molecule has 0 aliphatic rings. The molecule has 0 aliphatic carbocycles. The second-order valence-corrected chi connectivity index (χ2v) is 6.07. The zero-order valence-corrected chi connectivity index (χ0v) is 14.4. The average Bonchev–Trinajstić information content (AvgIpc) is 3.30. The van der Waals surface area contributed by atoms with Crippen molar-refractivity contribution in [3.63, 3.8) is 0 Å². The maximum atomic E-state index is 12.8. The van der Waals surface area contributed by atoms with Gasteiger partial charge in [0, 0.05) is 12.6 Å². The largest absolute Gasteiger partial charge is 0.467 e. The summed E-state index contributed by atoms with van der Waals surface area (Å²) >= 11 is 0. The SMILES string of the molecule is O=C(CCc1cnn(-c2ccccc2)c1)N(Cc1ccco1)CC(F)(F)F. The summed E-state index contributed by atoms with van der Waals surface area (Å²) in [6.07, 6.45) is 0.531. The van der Waals surface area contributed by atoms with E-state index >= 15 is 0 Å². The molecule has 0 saturated heterocycles. The number of hydrogen-bond acceptors (Lipinski definition) is 3. The second-order valence-electron chi connectivity index (χ2n) is 6.07. The van der Waals surface area contributed by atoms with Crippen molar-refractivity contribution in [2.45, 2.75) is 25.6 Å². The molecule has 3 aromatic rings. The number of carbonyl (C=O) groups excluding carboxylic acids is 1. The summed E-state index contributed by atoms with van der Waals surface area (Å²) in [5.41, 5.74) is 1.64. The van der Waals surface area contributed by atoms with E-state index in [-0.39, 0.29) is 13.0 Å². The molecule has 1 aromatic carbocycles. The van der Waals surface area contributed by atoms with E-state index in [1.165, 1.54) is 6.26 Å². The van der Waals surface area contributed by atoms with Crippen LogP contribution in [0.2, 0.25) is 0 Å². The van der Waals surface area contributed by atoms with Crippen LogP contribution in [-0.2, 0) is 17.8 Å². The molecule has 0 aliphatic heterocycles. The fourth-order valence-corrected chi connectivity index (χ4v) is 2.66. The number of benzene rings is 1. The minimum atomic E-state index is -4.47. The van der Waals surface area contributed by atoms with Gasteiger partial charge in [-0.25, -0.2) is 4.68 Å². The minimum absolute atomic E-state index is 0.0444. The van der Waals surface area contributed by atoms with Gasteiger partial charge >= 0.3 is 6.18 Å². The van der Waals surface area contributed by atoms with Gasteiger partial charge in [0.05, 0.1) is 24.7 Å². The zero-order chi connectivity index (χ0) is 19.3. The van der Waals surface area contributed by atoms with Crippen LogP contribution >= 0.6 is 0 Å². The number of hydrogen-bond donors (Lipinski definition) is 0. The Labute approximate surface area is 154 Å². The Hall–Kier alpha value is -3.03. The summed E-state index contributed by atoms with van der Waals surface area (Å²) < 4.78 is 45.2. The third-order valence-corrected chi connectivity index (χ3v) is 3.93. The van der Waals surface area contributed by atoms with Crippen LogP contribution in [0.25, 0.3) is 5.69 Å². The summed E-state index contributed by atoms with van der Waals surface area (Å²) in [6.45, 7) is -1.52. The number of alkyl halides is 3. The van der Waals surface area contributed by atoms with E-state index in [1.807, 2.05) is 30.3 Å². The third-order valence-electron chi connectivity index (χ3n) is 3.93. The maximum Gasteiger partial charge on any atom is 0.406 e. The summed E-state index contributed by atoms with van der Waals surface area (Å²) in [5, 5.41) is 4.23. The molecule has 0 spiro atoms. The van der Waals surface area contributed by atoms with Gasteiger partial charge in [-0.15, -0.1) is 0 Å². The highest BCUT2D eigenvalue weighted by Gasteiger charge is 2.33. The number of aryl methyl sites for hydroxylation is 1. The molecule has 2 heterocycles. The number of furan rings is 1. The lowest BCUT2D eigenvalue weighted by Crippen LogP contribution is -2.38. The lowest BCUT2D eigenvalue weighted by atomic mass is 10.2. The van der Waals surface area contributed by atoms with E-state index in [2.05, 4.69) is 5.10 Å². The summed E-state index contributed by atoms with van der Waals surface area (Å²) in [7, 11) is 0. The van der Waals surface area contributed by atoms with Crippen molar-refractivity contribution in [3.8, 4) is 5.69 Å². The molecule has 5 nitrogen and oxygen atoms in total. The summed E-state index contributed by atoms with van der Waals surface area (Å²) in [6, 6.07) is 12.5. The monoisotopic (exact) mass is 377 g/mol. The highest BCUT2D eigenvalue weighted by molar-refractivity contribution is 5.76. The lowest BCUT2D eigenvalue weighted by Gasteiger charge is -2.23. The van der Waals surface area contributed by atoms with Crippen LogP contribution in [0.5, 0.6) is 0 Å². The number of aromatic nitrogens is 2. The summed E-state index contributed by atoms with van der Waals surface area (Å²) in [5.74, 6) is -0.277. The quantitative estimate of drug-likeness (QED) is 0.626. The van der Waals surface area contributed by atoms with Crippen LogP contribution in [0.3, 0.4) is 0 Å². The standard InChI is InChI=1S/C19H18F3N3O2/c20-19(21,22)14-24(13-17-7-4-10-27-17)18(26)9-8-15-11-23-25(12-15)16-5-2-1-3-6-16/h1-7,10-12H,8-9,13-14H2. The Kier molecular flexibility index (Phi) is 5.63. The molecule has 0 radical (unpaired) electrons. The van der Waals surface area contributed by atoms with Gasteiger partial charge in [-0.3, -0.25) is 4.79 Å². The van der Waals surface area contributed by atoms with Gasteiger partial charge in [-0.1, -0.05) is 18.2 Å². The van der Waals surface area contributed by atoms with Gasteiger partial charge < -0.3 is 9.32 Å². The van der Waals surface area contributed by atoms with Crippen molar-refractivity contribution in [1.29, 1.82) is 0 Å². The Morgan fingerprint density at radius 3 is 2.59 bits per heavy atom. The van der Waals surface area contributed by atoms with Crippen LogP contribution < -0.4 is 0 Å². The topological polar surface area (TPSA) is 51.3 Å². The van der Waals surface area contributed by atoms with Crippen LogP contribution in [0.4, 0.5) is 13.2 Å². The predicted octanol–water partition coefficient (Wildman–Crippen LogP) is 3.99. The first-order chi connectivity index (χ1) is 12.9. The first-order valence-corrected chi connectivity index (χ1v) is 8.36. The first-order valence-electron chi connectivity index (χ1n) is 8.36. The van der Waals surface area contributed by atoms with Crippen molar-refractivity contribution in [2.75, 3.05) is 6.54 Å². The Bertz CT molecular complexity index is 858. The highest BCUT2D eigenvalue weighted by atomic mass is 19.4. The maximum absolute atomic E-state index is 12.8. The molecule has 0 bridgehead atoms. The van der Waals surface area contributed by atoms with Crippen LogP contribution in [-0.4, -0.2) is 33.3 Å². The molecule has 0 unspecified atom stereocenters. The minimum Gasteiger partial charge on any atom is -0.467 e. The van der Waals surface area contributed by atoms with E-state index in [0.29, 0.717) is 12.2 Å². The predicted molar refractivity (Wildman–Crippen MR) is 92.1 cm³/mol. The molecule has 0 atom stereocenters. The van der Waals surface area contributed by atoms with Gasteiger partial charge in [0.15, 0.2) is 0 Å². The molecule has 0 fully saturated rings. The Morgan fingerprint density at radius 2 is 1.93 bits per heavy atom. The number of amides is 1. The van der Waals surface area contributed by atoms with Crippen molar-refractivity contribution >= 4 is 5.91 Å². The number of nitrogens with zero attached hydrogens (tertiary/aromatic N) is 3. The van der Waals surface area contributed by atoms with E-state index in [1.54, 1.807) is 29.2 Å². The second kappa shape index (κ2) is 8.11. The lowest BCUT2D eigenvalue weighted by molar-refractivity contribution is -0.162. The molecule has 142 valence electrons. The highest BCUT2D eigenvalue weighted by Crippen LogP contribution is 2.20. The molecule has 8 heteroatoms. The molecule has 0 saturated carbocycles. The number of halogens is 3. The fraction of sp³-hybridized carbons (Fsp3) is 0.263. The number of para-hydroxylation sites is 1. The molecular weight excluding hydrogens is 359 g/mol. The van der Waals surface area contributed by atoms with Crippen molar-refractivity contribution < 1.29 is 22.4 Å². The van der Waals surface area contributed by atoms with Crippen molar-refractivity contribution in [1.82, 2.24) is 14.7 Å². The zero-order valence-electron chi connectivity index (χ0n) is 14.4. The van der Waals surface area contributed by atoms with Gasteiger partial charge in [0.1, 0.15) is 12.3 Å². The van der Waals surface area contributed by atoms with Crippen LogP contribution in [0.1, 0.15) is 17.7 Å². The van der Waals surface area contributed by atoms with E-state index in [9.17, 15) is 18.0 Å². The van der Waals surface area contributed by atoms with Gasteiger partial charge in [-0.2, -0.15) is 18.3 Å². The molecule has 27 heavy (non-hydrogen) atoms. The molecule has 1 amide bonds. The third kappa shape index (κ3) is 5.47. The smallest absolute Gasteiger partial charge is 0.406 e. The van der Waals surface area contributed by atoms with Gasteiger partial charge in [0.25, 0.3) is 0 Å². The first kappa shape index (κ1) is 18.8. The molecule has 3 rings (SSSR count). The Balaban J connectivity index is 1.62. The fourth-order valence-electron chi connectivity index (χ4n) is 2.66. The summed E-state index contributed by atoms with van der Waals surface area (Å²) in [4.78, 5) is 13.1. The average molecular weight is 377 g/mol. The van der Waals surface area contributed by atoms with Crippen molar-refractivity contribution in [2.24, 2.45) is 0 Å². The van der Waals surface area contributed by atoms with Crippen LogP contribution in [0.15, 0.2) is 65.5 Å². The number of rotatable bonds is 7. The molecule has 0 N–H and O–H groups in total. The molecule has 2 aromatic heterocycles. The van der Waals surface area contributed by atoms with Gasteiger partial charge in [-0.05, 0) is 36.2 Å². The normalized spacial score (nSPS) is 11.5. The van der Waals surface area contributed by atoms with E-state index in [4.69, 9.17) is 4.42 Å².